The molecular formula is C13H16N2O3. The Morgan fingerprint density at radius 1 is 1.39 bits per heavy atom. The number of aliphatic carboxylic acids is 1. The van der Waals surface area contributed by atoms with Gasteiger partial charge < -0.3 is 16.2 Å². The highest BCUT2D eigenvalue weighted by atomic mass is 16.4. The summed E-state index contributed by atoms with van der Waals surface area (Å²) in [5.41, 5.74) is 7.00. The van der Waals surface area contributed by atoms with E-state index in [0.717, 1.165) is 5.56 Å². The molecule has 0 aliphatic heterocycles. The number of carboxylic acids is 1. The molecule has 0 aromatic heterocycles. The number of nitrogens with two attached hydrogens (primary N) is 1. The zero-order valence-corrected chi connectivity index (χ0v) is 10.1. The Bertz CT molecular complexity index is 452. The van der Waals surface area contributed by atoms with Gasteiger partial charge in [-0.05, 0) is 30.2 Å². The number of carbonyl (C=O) groups excluding carboxylic acids is 1. The topological polar surface area (TPSA) is 92.4 Å². The van der Waals surface area contributed by atoms with Crippen LogP contribution < -0.4 is 11.1 Å². The molecule has 1 amide bonds. The molecule has 1 aromatic rings. The monoisotopic (exact) mass is 248 g/mol. The SMILES string of the molecule is CC[C@H](NC(=O)/C=C/c1ccc(N)cc1)C(=O)O. The minimum absolute atomic E-state index is 0.344. The quantitative estimate of drug-likeness (QED) is 0.540. The number of carbonyl (C=O) groups is 2. The molecule has 0 bridgehead atoms. The average Bonchev–Trinajstić information content (AvgIpc) is 2.35. The maximum Gasteiger partial charge on any atom is 0.326 e. The summed E-state index contributed by atoms with van der Waals surface area (Å²) in [6, 6.07) is 6.14. The van der Waals surface area contributed by atoms with E-state index in [1.165, 1.54) is 6.08 Å². The van der Waals surface area contributed by atoms with Gasteiger partial charge in [-0.3, -0.25) is 4.79 Å². The van der Waals surface area contributed by atoms with Crippen LogP contribution in [0.2, 0.25) is 0 Å². The van der Waals surface area contributed by atoms with Gasteiger partial charge in [0, 0.05) is 11.8 Å². The van der Waals surface area contributed by atoms with Crippen molar-refractivity contribution < 1.29 is 14.7 Å². The molecule has 4 N–H and O–H groups in total. The molecule has 0 aliphatic rings. The third kappa shape index (κ3) is 4.29. The first-order chi connectivity index (χ1) is 8.52. The van der Waals surface area contributed by atoms with Gasteiger partial charge in [-0.25, -0.2) is 4.79 Å². The summed E-state index contributed by atoms with van der Waals surface area (Å²) in [6.07, 6.45) is 3.25. The van der Waals surface area contributed by atoms with Crippen molar-refractivity contribution in [2.75, 3.05) is 5.73 Å². The van der Waals surface area contributed by atoms with Crippen LogP contribution in [0.1, 0.15) is 18.9 Å². The molecule has 0 radical (unpaired) electrons. The highest BCUT2D eigenvalue weighted by Crippen LogP contribution is 2.06. The lowest BCUT2D eigenvalue weighted by molar-refractivity contribution is -0.141. The zero-order chi connectivity index (χ0) is 13.5. The van der Waals surface area contributed by atoms with Crippen molar-refractivity contribution in [1.82, 2.24) is 5.32 Å². The van der Waals surface area contributed by atoms with Gasteiger partial charge in [-0.1, -0.05) is 19.1 Å². The van der Waals surface area contributed by atoms with Crippen LogP contribution in [0, 0.1) is 0 Å². The first-order valence-corrected chi connectivity index (χ1v) is 5.60. The van der Waals surface area contributed by atoms with Crippen molar-refractivity contribution in [1.29, 1.82) is 0 Å². The van der Waals surface area contributed by atoms with Crippen LogP contribution >= 0.6 is 0 Å². The summed E-state index contributed by atoms with van der Waals surface area (Å²) in [5.74, 6) is -1.46. The highest BCUT2D eigenvalue weighted by Gasteiger charge is 2.15. The maximum atomic E-state index is 11.5. The highest BCUT2D eigenvalue weighted by molar-refractivity contribution is 5.94. The standard InChI is InChI=1S/C13H16N2O3/c1-2-11(13(17)18)15-12(16)8-5-9-3-6-10(14)7-4-9/h3-8,11H,2,14H2,1H3,(H,15,16)(H,17,18)/b8-5+/t11-/m0/s1. The van der Waals surface area contributed by atoms with E-state index >= 15 is 0 Å². The Labute approximate surface area is 105 Å². The van der Waals surface area contributed by atoms with E-state index in [9.17, 15) is 9.59 Å². The molecule has 1 rings (SSSR count). The molecule has 5 heteroatoms. The zero-order valence-electron chi connectivity index (χ0n) is 10.1. The number of hydrogen-bond donors (Lipinski definition) is 3. The van der Waals surface area contributed by atoms with E-state index in [1.807, 2.05) is 0 Å². The van der Waals surface area contributed by atoms with Crippen LogP contribution in [0.15, 0.2) is 30.3 Å². The number of benzene rings is 1. The summed E-state index contributed by atoms with van der Waals surface area (Å²) in [4.78, 5) is 22.2. The lowest BCUT2D eigenvalue weighted by Crippen LogP contribution is -2.39. The predicted octanol–water partition coefficient (Wildman–Crippen LogP) is 1.26. The van der Waals surface area contributed by atoms with Gasteiger partial charge in [0.15, 0.2) is 0 Å². The van der Waals surface area contributed by atoms with Crippen molar-refractivity contribution in [3.05, 3.63) is 35.9 Å². The molecule has 0 fully saturated rings. The van der Waals surface area contributed by atoms with E-state index in [0.29, 0.717) is 12.1 Å². The number of carboxylic acid groups (broad SMARTS) is 1. The van der Waals surface area contributed by atoms with Crippen LogP contribution in [0.4, 0.5) is 5.69 Å². The Morgan fingerprint density at radius 2 is 2.00 bits per heavy atom. The smallest absolute Gasteiger partial charge is 0.326 e. The van der Waals surface area contributed by atoms with Crippen LogP contribution in [-0.2, 0) is 9.59 Å². The van der Waals surface area contributed by atoms with Gasteiger partial charge in [0.25, 0.3) is 0 Å². The molecule has 96 valence electrons. The molecule has 0 heterocycles. The van der Waals surface area contributed by atoms with Gasteiger partial charge in [0.2, 0.25) is 5.91 Å². The lowest BCUT2D eigenvalue weighted by atomic mass is 10.2. The van der Waals surface area contributed by atoms with Gasteiger partial charge >= 0.3 is 5.97 Å². The molecule has 0 unspecified atom stereocenters. The molecule has 0 saturated carbocycles. The molecule has 18 heavy (non-hydrogen) atoms. The Morgan fingerprint density at radius 3 is 2.50 bits per heavy atom. The summed E-state index contributed by atoms with van der Waals surface area (Å²) in [5, 5.41) is 11.2. The molecule has 0 aliphatic carbocycles. The molecule has 1 aromatic carbocycles. The number of rotatable bonds is 5. The fraction of sp³-hybridized carbons (Fsp3) is 0.231. The first kappa shape index (κ1) is 13.8. The Hall–Kier alpha value is -2.30. The number of nitrogen functional groups attached to an aromatic ring is 1. The van der Waals surface area contributed by atoms with E-state index in [1.54, 1.807) is 37.3 Å². The second-order valence-corrected chi connectivity index (χ2v) is 3.81. The van der Waals surface area contributed by atoms with Crippen molar-refractivity contribution in [2.24, 2.45) is 0 Å². The number of nitrogens with one attached hydrogen (secondary N) is 1. The second kappa shape index (κ2) is 6.44. The Kier molecular flexibility index (Phi) is 4.92. The van der Waals surface area contributed by atoms with E-state index in [4.69, 9.17) is 10.8 Å². The van der Waals surface area contributed by atoms with Crippen LogP contribution in [0.3, 0.4) is 0 Å². The maximum absolute atomic E-state index is 11.5. The predicted molar refractivity (Wildman–Crippen MR) is 69.7 cm³/mol. The summed E-state index contributed by atoms with van der Waals surface area (Å²) >= 11 is 0. The first-order valence-electron chi connectivity index (χ1n) is 5.60. The average molecular weight is 248 g/mol. The fourth-order valence-electron chi connectivity index (χ4n) is 1.34. The third-order valence-corrected chi connectivity index (χ3v) is 2.39. The summed E-state index contributed by atoms with van der Waals surface area (Å²) < 4.78 is 0. The van der Waals surface area contributed by atoms with E-state index in [2.05, 4.69) is 5.32 Å². The van der Waals surface area contributed by atoms with Crippen molar-refractivity contribution in [2.45, 2.75) is 19.4 Å². The van der Waals surface area contributed by atoms with Crippen LogP contribution in [-0.4, -0.2) is 23.0 Å². The molecular weight excluding hydrogens is 232 g/mol. The second-order valence-electron chi connectivity index (χ2n) is 3.81. The van der Waals surface area contributed by atoms with Crippen LogP contribution in [0.5, 0.6) is 0 Å². The number of amides is 1. The van der Waals surface area contributed by atoms with Crippen molar-refractivity contribution in [3.63, 3.8) is 0 Å². The summed E-state index contributed by atoms with van der Waals surface area (Å²) in [6.45, 7) is 1.70. The molecule has 0 spiro atoms. The molecule has 5 nitrogen and oxygen atoms in total. The van der Waals surface area contributed by atoms with Crippen LogP contribution in [0.25, 0.3) is 6.08 Å². The van der Waals surface area contributed by atoms with E-state index in [-0.39, 0.29) is 0 Å². The Balaban J connectivity index is 2.59. The van der Waals surface area contributed by atoms with Gasteiger partial charge in [0.05, 0.1) is 0 Å². The van der Waals surface area contributed by atoms with E-state index < -0.39 is 17.9 Å². The minimum Gasteiger partial charge on any atom is -0.480 e. The number of anilines is 1. The van der Waals surface area contributed by atoms with Crippen molar-refractivity contribution in [3.8, 4) is 0 Å². The van der Waals surface area contributed by atoms with Gasteiger partial charge in [0.1, 0.15) is 6.04 Å². The third-order valence-electron chi connectivity index (χ3n) is 2.39. The largest absolute Gasteiger partial charge is 0.480 e. The molecule has 0 saturated heterocycles. The summed E-state index contributed by atoms with van der Waals surface area (Å²) in [7, 11) is 0. The van der Waals surface area contributed by atoms with Crippen molar-refractivity contribution >= 4 is 23.6 Å². The fourth-order valence-corrected chi connectivity index (χ4v) is 1.34. The minimum atomic E-state index is -1.04. The lowest BCUT2D eigenvalue weighted by Gasteiger charge is -2.09. The molecule has 1 atom stereocenters. The van der Waals surface area contributed by atoms with Gasteiger partial charge in [-0.15, -0.1) is 0 Å². The normalized spacial score (nSPS) is 12.3. The van der Waals surface area contributed by atoms with Gasteiger partial charge in [-0.2, -0.15) is 0 Å². The number of hydrogen-bond acceptors (Lipinski definition) is 3.